The van der Waals surface area contributed by atoms with Gasteiger partial charge in [-0.15, -0.1) is 45.3 Å². The van der Waals surface area contributed by atoms with E-state index in [1.165, 1.54) is 11.7 Å². The minimum absolute atomic E-state index is 0.183. The van der Waals surface area contributed by atoms with Crippen molar-refractivity contribution < 1.29 is 8.78 Å². The fourth-order valence-corrected chi connectivity index (χ4v) is 10.6. The van der Waals surface area contributed by atoms with Gasteiger partial charge < -0.3 is 0 Å². The molecule has 0 aliphatic rings. The van der Waals surface area contributed by atoms with Gasteiger partial charge >= 0.3 is 0 Å². The normalized spacial score (nSPS) is 11.9. The molecule has 0 radical (unpaired) electrons. The summed E-state index contributed by atoms with van der Waals surface area (Å²) in [6.07, 6.45) is 0. The van der Waals surface area contributed by atoms with E-state index in [0.29, 0.717) is 11.1 Å². The van der Waals surface area contributed by atoms with Gasteiger partial charge in [-0.3, -0.25) is 0 Å². The summed E-state index contributed by atoms with van der Waals surface area (Å²) < 4.78 is 43.1. The predicted molar refractivity (Wildman–Crippen MR) is 175 cm³/mol. The minimum Gasteiger partial charge on any atom is -0.206 e. The molecule has 0 bridgehead atoms. The average molecular weight is 629 g/mol. The summed E-state index contributed by atoms with van der Waals surface area (Å²) in [4.78, 5) is 4.14. The fraction of sp³-hybridized carbons (Fsp3) is 0.0625. The molecule has 8 rings (SSSR count). The summed E-state index contributed by atoms with van der Waals surface area (Å²) in [6, 6.07) is 23.6. The van der Waals surface area contributed by atoms with Gasteiger partial charge in [0.15, 0.2) is 0 Å². The fourth-order valence-electron chi connectivity index (χ4n) is 5.11. The van der Waals surface area contributed by atoms with E-state index in [0.717, 1.165) is 71.6 Å². The van der Waals surface area contributed by atoms with Crippen LogP contribution in [0.25, 0.3) is 71.6 Å². The number of fused-ring (bicyclic) bond motifs is 3. The standard InChI is InChI=1S/C32H18F2N2S5/c1-15-3-5-17(21(33)9-15)23-11-27-29(37-23)13-25(39-27)19-7-8-20(32-31(19)35-41-36-32)26-14-30-28(40-26)12-24(38-30)18-6-4-16(2)10-22(18)34/h3-14H,1-2H3. The lowest BCUT2D eigenvalue weighted by Gasteiger charge is -2.04. The summed E-state index contributed by atoms with van der Waals surface area (Å²) in [5.74, 6) is -0.367. The molecule has 2 nitrogen and oxygen atoms in total. The SMILES string of the molecule is Cc1ccc(-c2cc3sc(-c4ccc(-c5cc6sc(-c7ccc(C)cc7F)cc6s5)c5nsnc45)cc3s2)c(F)c1. The smallest absolute Gasteiger partial charge is 0.132 e. The molecule has 0 unspecified atom stereocenters. The first-order valence-electron chi connectivity index (χ1n) is 12.8. The number of thiophene rings is 4. The molecule has 0 atom stereocenters. The van der Waals surface area contributed by atoms with Crippen LogP contribution < -0.4 is 0 Å². The minimum atomic E-state index is -0.183. The molecule has 0 spiro atoms. The lowest BCUT2D eigenvalue weighted by molar-refractivity contribution is 0.630. The van der Waals surface area contributed by atoms with Crippen molar-refractivity contribution in [3.05, 3.63) is 95.6 Å². The van der Waals surface area contributed by atoms with Gasteiger partial charge in [0.1, 0.15) is 22.7 Å². The molecule has 0 amide bonds. The number of rotatable bonds is 4. The zero-order valence-corrected chi connectivity index (χ0v) is 25.7. The van der Waals surface area contributed by atoms with E-state index in [9.17, 15) is 8.78 Å². The van der Waals surface area contributed by atoms with Crippen LogP contribution in [0.2, 0.25) is 0 Å². The van der Waals surface area contributed by atoms with Crippen molar-refractivity contribution in [3.8, 4) is 41.8 Å². The maximum Gasteiger partial charge on any atom is 0.132 e. The number of nitrogens with zero attached hydrogens (tertiary/aromatic N) is 2. The van der Waals surface area contributed by atoms with Gasteiger partial charge in [-0.25, -0.2) is 8.78 Å². The molecule has 5 aromatic heterocycles. The largest absolute Gasteiger partial charge is 0.206 e. The molecule has 0 aliphatic heterocycles. The van der Waals surface area contributed by atoms with Crippen LogP contribution in [0.15, 0.2) is 72.8 Å². The third-order valence-corrected chi connectivity index (χ3v) is 12.4. The monoisotopic (exact) mass is 628 g/mol. The zero-order chi connectivity index (χ0) is 27.8. The maximum absolute atomic E-state index is 14.6. The number of benzene rings is 3. The van der Waals surface area contributed by atoms with Gasteiger partial charge in [-0.1, -0.05) is 36.4 Å². The van der Waals surface area contributed by atoms with Crippen LogP contribution in [0, 0.1) is 25.5 Å². The first-order chi connectivity index (χ1) is 19.9. The second-order valence-electron chi connectivity index (χ2n) is 9.99. The van der Waals surface area contributed by atoms with Crippen LogP contribution in [-0.4, -0.2) is 8.75 Å². The Morgan fingerprint density at radius 1 is 0.463 bits per heavy atom. The Hall–Kier alpha value is -3.34. The van der Waals surface area contributed by atoms with Crippen LogP contribution in [-0.2, 0) is 0 Å². The summed E-state index contributed by atoms with van der Waals surface area (Å²) in [7, 11) is 0. The molecule has 0 saturated heterocycles. The second-order valence-corrected chi connectivity index (χ2v) is 14.9. The van der Waals surface area contributed by atoms with Crippen molar-refractivity contribution in [1.29, 1.82) is 0 Å². The first-order valence-corrected chi connectivity index (χ1v) is 16.8. The highest BCUT2D eigenvalue weighted by molar-refractivity contribution is 7.31. The molecule has 5 heterocycles. The Bertz CT molecular complexity index is 2060. The van der Waals surface area contributed by atoms with Crippen molar-refractivity contribution in [1.82, 2.24) is 8.75 Å². The highest BCUT2D eigenvalue weighted by Gasteiger charge is 2.19. The Morgan fingerprint density at radius 3 is 1.17 bits per heavy atom. The number of hydrogen-bond acceptors (Lipinski definition) is 7. The number of aryl methyl sites for hydroxylation is 2. The van der Waals surface area contributed by atoms with Crippen LogP contribution in [0.4, 0.5) is 8.78 Å². The van der Waals surface area contributed by atoms with E-state index in [1.807, 2.05) is 38.1 Å². The average Bonchev–Trinajstić information content (AvgIpc) is 3.73. The van der Waals surface area contributed by atoms with E-state index >= 15 is 0 Å². The predicted octanol–water partition coefficient (Wildman–Crippen LogP) is 11.8. The van der Waals surface area contributed by atoms with Crippen LogP contribution >= 0.6 is 57.1 Å². The highest BCUT2D eigenvalue weighted by atomic mass is 32.1. The van der Waals surface area contributed by atoms with E-state index in [4.69, 9.17) is 0 Å². The molecule has 9 heteroatoms. The van der Waals surface area contributed by atoms with E-state index < -0.39 is 0 Å². The number of hydrogen-bond donors (Lipinski definition) is 0. The molecule has 0 aliphatic carbocycles. The van der Waals surface area contributed by atoms with Crippen molar-refractivity contribution in [2.75, 3.05) is 0 Å². The van der Waals surface area contributed by atoms with Crippen LogP contribution in [0.1, 0.15) is 11.1 Å². The second kappa shape index (κ2) is 9.61. The highest BCUT2D eigenvalue weighted by Crippen LogP contribution is 2.47. The van der Waals surface area contributed by atoms with Gasteiger partial charge in [0, 0.05) is 60.6 Å². The molecule has 8 aromatic rings. The van der Waals surface area contributed by atoms with Crippen molar-refractivity contribution in [2.24, 2.45) is 0 Å². The van der Waals surface area contributed by atoms with Gasteiger partial charge in [0.2, 0.25) is 0 Å². The van der Waals surface area contributed by atoms with Crippen molar-refractivity contribution in [2.45, 2.75) is 13.8 Å². The number of halogens is 2. The van der Waals surface area contributed by atoms with Gasteiger partial charge in [-0.05, 0) is 61.4 Å². The lowest BCUT2D eigenvalue weighted by atomic mass is 10.1. The quantitative estimate of drug-likeness (QED) is 0.194. The summed E-state index contributed by atoms with van der Waals surface area (Å²) in [5.41, 5.74) is 7.03. The van der Waals surface area contributed by atoms with Crippen LogP contribution in [0.3, 0.4) is 0 Å². The zero-order valence-electron chi connectivity index (χ0n) is 21.6. The van der Waals surface area contributed by atoms with E-state index in [2.05, 4.69) is 45.1 Å². The summed E-state index contributed by atoms with van der Waals surface area (Å²) in [6.45, 7) is 3.80. The summed E-state index contributed by atoms with van der Waals surface area (Å²) in [5, 5.41) is 0. The molecular formula is C32H18F2N2S5. The molecule has 0 saturated carbocycles. The summed E-state index contributed by atoms with van der Waals surface area (Å²) >= 11 is 7.85. The number of aromatic nitrogens is 2. The molecular weight excluding hydrogens is 611 g/mol. The van der Waals surface area contributed by atoms with Crippen LogP contribution in [0.5, 0.6) is 0 Å². The molecule has 200 valence electrons. The Kier molecular flexibility index (Phi) is 5.95. The first kappa shape index (κ1) is 25.4. The molecule has 41 heavy (non-hydrogen) atoms. The molecule has 0 fully saturated rings. The third-order valence-electron chi connectivity index (χ3n) is 7.14. The Morgan fingerprint density at radius 2 is 0.805 bits per heavy atom. The molecule has 0 N–H and O–H groups in total. The Balaban J connectivity index is 1.15. The van der Waals surface area contributed by atoms with Crippen molar-refractivity contribution in [3.63, 3.8) is 0 Å². The van der Waals surface area contributed by atoms with Crippen molar-refractivity contribution >= 4 is 86.9 Å². The third kappa shape index (κ3) is 4.26. The lowest BCUT2D eigenvalue weighted by Crippen LogP contribution is -1.83. The topological polar surface area (TPSA) is 25.8 Å². The Labute approximate surface area is 254 Å². The van der Waals surface area contributed by atoms with E-state index in [1.54, 1.807) is 57.5 Å². The maximum atomic E-state index is 14.6. The van der Waals surface area contributed by atoms with Gasteiger partial charge in [0.25, 0.3) is 0 Å². The van der Waals surface area contributed by atoms with E-state index in [-0.39, 0.29) is 11.6 Å². The van der Waals surface area contributed by atoms with Gasteiger partial charge in [0.05, 0.1) is 11.7 Å². The molecule has 3 aromatic carbocycles. The van der Waals surface area contributed by atoms with Gasteiger partial charge in [-0.2, -0.15) is 8.75 Å².